The Kier molecular flexibility index (Phi) is 3.05. The Morgan fingerprint density at radius 3 is 1.81 bits per heavy atom. The molecule has 2 aliphatic carbocycles. The summed E-state index contributed by atoms with van der Waals surface area (Å²) < 4.78 is 27.4. The molecule has 2 saturated carbocycles. The lowest BCUT2D eigenvalue weighted by molar-refractivity contribution is -0.228. The predicted octanol–water partition coefficient (Wildman–Crippen LogP) is 4.60. The van der Waals surface area contributed by atoms with Gasteiger partial charge in [0, 0.05) is 12.3 Å². The van der Waals surface area contributed by atoms with Gasteiger partial charge in [-0.3, -0.25) is 0 Å². The van der Waals surface area contributed by atoms with Gasteiger partial charge in [0.25, 0.3) is 5.92 Å². The van der Waals surface area contributed by atoms with Crippen LogP contribution in [0, 0.1) is 35.5 Å². The molecule has 94 valence electrons. The quantitative estimate of drug-likeness (QED) is 0.665. The lowest BCUT2D eigenvalue weighted by atomic mass is 9.51. The van der Waals surface area contributed by atoms with Crippen LogP contribution in [0.5, 0.6) is 0 Å². The maximum absolute atomic E-state index is 13.7. The first-order valence-electron chi connectivity index (χ1n) is 6.72. The van der Waals surface area contributed by atoms with Crippen LogP contribution in [0.15, 0.2) is 0 Å². The van der Waals surface area contributed by atoms with E-state index in [1.807, 2.05) is 0 Å². The van der Waals surface area contributed by atoms with Crippen molar-refractivity contribution < 1.29 is 8.78 Å². The standard InChI is InChI=1S/C14H24F2/c1-8(2)10-5-6-11(10)13-12(9(3)4)7-14(13,15)16/h8-13H,5-7H2,1-4H3. The summed E-state index contributed by atoms with van der Waals surface area (Å²) in [6.07, 6.45) is 2.34. The highest BCUT2D eigenvalue weighted by Gasteiger charge is 2.62. The Morgan fingerprint density at radius 2 is 1.50 bits per heavy atom. The maximum Gasteiger partial charge on any atom is 0.251 e. The molecule has 0 aromatic carbocycles. The second kappa shape index (κ2) is 3.96. The lowest BCUT2D eigenvalue weighted by Crippen LogP contribution is -2.57. The third-order valence-electron chi connectivity index (χ3n) is 5.01. The number of rotatable bonds is 3. The molecule has 0 spiro atoms. The summed E-state index contributed by atoms with van der Waals surface area (Å²) in [6, 6.07) is 0. The minimum Gasteiger partial charge on any atom is -0.207 e. The molecule has 0 N–H and O–H groups in total. The van der Waals surface area contributed by atoms with E-state index in [0.29, 0.717) is 23.7 Å². The fraction of sp³-hybridized carbons (Fsp3) is 1.00. The first-order valence-corrected chi connectivity index (χ1v) is 6.72. The zero-order valence-corrected chi connectivity index (χ0v) is 10.8. The largest absolute Gasteiger partial charge is 0.251 e. The summed E-state index contributed by atoms with van der Waals surface area (Å²) in [7, 11) is 0. The van der Waals surface area contributed by atoms with Gasteiger partial charge in [-0.15, -0.1) is 0 Å². The van der Waals surface area contributed by atoms with Crippen LogP contribution >= 0.6 is 0 Å². The van der Waals surface area contributed by atoms with E-state index >= 15 is 0 Å². The molecular weight excluding hydrogens is 206 g/mol. The molecule has 16 heavy (non-hydrogen) atoms. The third-order valence-corrected chi connectivity index (χ3v) is 5.01. The normalized spacial score (nSPS) is 42.0. The summed E-state index contributed by atoms with van der Waals surface area (Å²) in [5.41, 5.74) is 0. The van der Waals surface area contributed by atoms with E-state index in [1.54, 1.807) is 0 Å². The van der Waals surface area contributed by atoms with Gasteiger partial charge >= 0.3 is 0 Å². The maximum atomic E-state index is 13.7. The molecule has 0 nitrogen and oxygen atoms in total. The highest BCUT2D eigenvalue weighted by molar-refractivity contribution is 5.04. The predicted molar refractivity (Wildman–Crippen MR) is 62.4 cm³/mol. The van der Waals surface area contributed by atoms with Crippen molar-refractivity contribution in [3.63, 3.8) is 0 Å². The van der Waals surface area contributed by atoms with E-state index in [0.717, 1.165) is 6.42 Å². The Balaban J connectivity index is 2.06. The minimum atomic E-state index is -2.37. The zero-order valence-electron chi connectivity index (χ0n) is 10.8. The summed E-state index contributed by atoms with van der Waals surface area (Å²) in [5, 5.41) is 0. The molecule has 2 aliphatic rings. The molecule has 2 rings (SSSR count). The number of hydrogen-bond acceptors (Lipinski definition) is 0. The molecule has 0 bridgehead atoms. The van der Waals surface area contributed by atoms with Crippen LogP contribution in [-0.2, 0) is 0 Å². The number of hydrogen-bond donors (Lipinski definition) is 0. The molecule has 0 heterocycles. The van der Waals surface area contributed by atoms with Gasteiger partial charge in [0.2, 0.25) is 0 Å². The van der Waals surface area contributed by atoms with Gasteiger partial charge in [-0.2, -0.15) is 0 Å². The van der Waals surface area contributed by atoms with Crippen molar-refractivity contribution in [3.05, 3.63) is 0 Å². The molecule has 2 fully saturated rings. The third kappa shape index (κ3) is 1.78. The molecule has 4 unspecified atom stereocenters. The van der Waals surface area contributed by atoms with Gasteiger partial charge in [0.1, 0.15) is 0 Å². The Hall–Kier alpha value is -0.140. The van der Waals surface area contributed by atoms with Gasteiger partial charge < -0.3 is 0 Å². The fourth-order valence-electron chi connectivity index (χ4n) is 3.84. The lowest BCUT2D eigenvalue weighted by Gasteiger charge is -2.56. The van der Waals surface area contributed by atoms with Crippen LogP contribution in [0.4, 0.5) is 8.78 Å². The number of halogens is 2. The fourth-order valence-corrected chi connectivity index (χ4v) is 3.84. The van der Waals surface area contributed by atoms with Crippen LogP contribution in [0.1, 0.15) is 47.0 Å². The summed E-state index contributed by atoms with van der Waals surface area (Å²) >= 11 is 0. The minimum absolute atomic E-state index is 0.136. The van der Waals surface area contributed by atoms with Gasteiger partial charge in [-0.05, 0) is 42.4 Å². The van der Waals surface area contributed by atoms with Gasteiger partial charge in [-0.25, -0.2) is 8.78 Å². The second-order valence-corrected chi connectivity index (χ2v) is 6.55. The van der Waals surface area contributed by atoms with Crippen LogP contribution in [0.25, 0.3) is 0 Å². The molecule has 0 amide bonds. The van der Waals surface area contributed by atoms with E-state index in [2.05, 4.69) is 27.7 Å². The van der Waals surface area contributed by atoms with Crippen LogP contribution in [-0.4, -0.2) is 5.92 Å². The van der Waals surface area contributed by atoms with Crippen LogP contribution in [0.3, 0.4) is 0 Å². The molecule has 4 atom stereocenters. The summed E-state index contributed by atoms with van der Waals surface area (Å²) in [5.74, 6) is -0.572. The smallest absolute Gasteiger partial charge is 0.207 e. The Morgan fingerprint density at radius 1 is 0.938 bits per heavy atom. The Bertz CT molecular complexity index is 257. The topological polar surface area (TPSA) is 0 Å². The van der Waals surface area contributed by atoms with Gasteiger partial charge in [0.05, 0.1) is 0 Å². The van der Waals surface area contributed by atoms with Crippen molar-refractivity contribution in [2.45, 2.75) is 52.9 Å². The van der Waals surface area contributed by atoms with E-state index in [4.69, 9.17) is 0 Å². The zero-order chi connectivity index (χ0) is 12.1. The summed E-state index contributed by atoms with van der Waals surface area (Å²) in [6.45, 7) is 8.54. The number of alkyl halides is 2. The average Bonchev–Trinajstić information content (AvgIpc) is 2.07. The van der Waals surface area contributed by atoms with E-state index < -0.39 is 5.92 Å². The van der Waals surface area contributed by atoms with E-state index in [9.17, 15) is 8.78 Å². The Labute approximate surface area is 97.8 Å². The average molecular weight is 230 g/mol. The molecule has 0 saturated heterocycles. The van der Waals surface area contributed by atoms with Crippen LogP contribution in [0.2, 0.25) is 0 Å². The summed E-state index contributed by atoms with van der Waals surface area (Å²) in [4.78, 5) is 0. The first kappa shape index (κ1) is 12.3. The molecule has 2 heteroatoms. The van der Waals surface area contributed by atoms with Crippen LogP contribution < -0.4 is 0 Å². The first-order chi connectivity index (χ1) is 7.34. The molecule has 0 radical (unpaired) electrons. The molecule has 0 aromatic heterocycles. The van der Waals surface area contributed by atoms with Gasteiger partial charge in [0.15, 0.2) is 0 Å². The highest BCUT2D eigenvalue weighted by Crippen LogP contribution is 2.61. The van der Waals surface area contributed by atoms with E-state index in [1.165, 1.54) is 6.42 Å². The second-order valence-electron chi connectivity index (χ2n) is 6.55. The van der Waals surface area contributed by atoms with Crippen molar-refractivity contribution in [3.8, 4) is 0 Å². The SMILES string of the molecule is CC(C)C1CCC1C1C(C(C)C)CC1(F)F. The van der Waals surface area contributed by atoms with Crippen molar-refractivity contribution in [2.75, 3.05) is 0 Å². The van der Waals surface area contributed by atoms with Crippen molar-refractivity contribution in [1.82, 2.24) is 0 Å². The highest BCUT2D eigenvalue weighted by atomic mass is 19.3. The molecule has 0 aromatic rings. The molecular formula is C14H24F2. The van der Waals surface area contributed by atoms with Gasteiger partial charge in [-0.1, -0.05) is 27.7 Å². The molecule has 0 aliphatic heterocycles. The van der Waals surface area contributed by atoms with Crippen molar-refractivity contribution in [1.29, 1.82) is 0 Å². The monoisotopic (exact) mass is 230 g/mol. The van der Waals surface area contributed by atoms with E-state index in [-0.39, 0.29) is 18.3 Å². The van der Waals surface area contributed by atoms with Crippen molar-refractivity contribution in [2.24, 2.45) is 35.5 Å². The van der Waals surface area contributed by atoms with Crippen molar-refractivity contribution >= 4 is 0 Å².